The zero-order valence-electron chi connectivity index (χ0n) is 13.5. The molecule has 1 aromatic heterocycles. The van der Waals surface area contributed by atoms with E-state index in [0.29, 0.717) is 5.69 Å². The number of hydrogen-bond acceptors (Lipinski definition) is 4. The third-order valence-corrected chi connectivity index (χ3v) is 3.59. The van der Waals surface area contributed by atoms with Gasteiger partial charge in [-0.2, -0.15) is 13.2 Å². The summed E-state index contributed by atoms with van der Waals surface area (Å²) in [5.41, 5.74) is -1.21. The van der Waals surface area contributed by atoms with Crippen molar-refractivity contribution in [3.63, 3.8) is 0 Å². The molecule has 2 amide bonds. The van der Waals surface area contributed by atoms with Gasteiger partial charge in [-0.15, -0.1) is 0 Å². The van der Waals surface area contributed by atoms with Gasteiger partial charge in [0.25, 0.3) is 0 Å². The fraction of sp³-hybridized carbons (Fsp3) is 0.0588. The first kappa shape index (κ1) is 18.1. The van der Waals surface area contributed by atoms with Crippen LogP contribution in [-0.4, -0.2) is 25.8 Å². The van der Waals surface area contributed by atoms with Gasteiger partial charge in [-0.25, -0.2) is 9.78 Å². The van der Waals surface area contributed by atoms with Crippen LogP contribution in [0.5, 0.6) is 11.5 Å². The van der Waals surface area contributed by atoms with E-state index >= 15 is 0 Å². The van der Waals surface area contributed by atoms with Crippen LogP contribution >= 0.6 is 0 Å². The molecule has 3 rings (SSSR count). The second-order valence-corrected chi connectivity index (χ2v) is 5.48. The average molecular weight is 378 g/mol. The molecule has 0 aliphatic heterocycles. The van der Waals surface area contributed by atoms with Crippen molar-refractivity contribution < 1.29 is 28.2 Å². The van der Waals surface area contributed by atoms with Gasteiger partial charge in [0.1, 0.15) is 11.5 Å². The van der Waals surface area contributed by atoms with Crippen LogP contribution in [0.2, 0.25) is 0 Å². The lowest BCUT2D eigenvalue weighted by Crippen LogP contribution is -2.22. The van der Waals surface area contributed by atoms with E-state index in [1.807, 2.05) is 0 Å². The number of aromatic nitrogens is 2. The molecule has 0 saturated carbocycles. The molecule has 0 saturated heterocycles. The Hall–Kier alpha value is -3.69. The van der Waals surface area contributed by atoms with Crippen molar-refractivity contribution >= 4 is 17.4 Å². The van der Waals surface area contributed by atoms with Gasteiger partial charge in [0.2, 0.25) is 0 Å². The van der Waals surface area contributed by atoms with Gasteiger partial charge in [0, 0.05) is 24.1 Å². The van der Waals surface area contributed by atoms with Gasteiger partial charge in [-0.05, 0) is 30.3 Å². The number of carbonyl (C=O) groups excluding carboxylic acids is 1. The summed E-state index contributed by atoms with van der Waals surface area (Å²) in [5, 5.41) is 23.3. The Kier molecular flexibility index (Phi) is 4.63. The highest BCUT2D eigenvalue weighted by Gasteiger charge is 2.34. The highest BCUT2D eigenvalue weighted by molar-refractivity contribution is 6.01. The molecular weight excluding hydrogens is 365 g/mol. The van der Waals surface area contributed by atoms with E-state index in [1.54, 1.807) is 6.20 Å². The minimum atomic E-state index is -4.68. The second kappa shape index (κ2) is 6.90. The van der Waals surface area contributed by atoms with E-state index in [1.165, 1.54) is 35.3 Å². The van der Waals surface area contributed by atoms with E-state index in [9.17, 15) is 28.2 Å². The topological polar surface area (TPSA) is 99.4 Å². The molecule has 4 N–H and O–H groups in total. The maximum atomic E-state index is 13.2. The Labute approximate surface area is 150 Å². The van der Waals surface area contributed by atoms with Gasteiger partial charge in [-0.3, -0.25) is 0 Å². The fourth-order valence-electron chi connectivity index (χ4n) is 2.36. The molecule has 3 aromatic rings. The smallest absolute Gasteiger partial charge is 0.418 e. The molecule has 2 aromatic carbocycles. The lowest BCUT2D eigenvalue weighted by Gasteiger charge is -2.16. The Balaban J connectivity index is 1.89. The van der Waals surface area contributed by atoms with E-state index in [-0.39, 0.29) is 11.4 Å². The molecule has 10 heteroatoms. The zero-order chi connectivity index (χ0) is 19.6. The third-order valence-electron chi connectivity index (χ3n) is 3.59. The molecule has 1 heterocycles. The van der Waals surface area contributed by atoms with Crippen LogP contribution in [0.15, 0.2) is 55.1 Å². The Morgan fingerprint density at radius 2 is 1.78 bits per heavy atom. The number of rotatable bonds is 3. The van der Waals surface area contributed by atoms with Crippen LogP contribution in [0.25, 0.3) is 5.69 Å². The van der Waals surface area contributed by atoms with Gasteiger partial charge >= 0.3 is 12.2 Å². The average Bonchev–Trinajstić information content (AvgIpc) is 3.11. The Bertz CT molecular complexity index is 972. The zero-order valence-corrected chi connectivity index (χ0v) is 13.5. The summed E-state index contributed by atoms with van der Waals surface area (Å²) >= 11 is 0. The van der Waals surface area contributed by atoms with Gasteiger partial charge in [0.05, 0.1) is 23.3 Å². The molecule has 27 heavy (non-hydrogen) atoms. The van der Waals surface area contributed by atoms with Crippen molar-refractivity contribution in [1.82, 2.24) is 9.55 Å². The lowest BCUT2D eigenvalue weighted by atomic mass is 10.1. The number of nitrogens with zero attached hydrogens (tertiary/aromatic N) is 2. The molecule has 0 aliphatic carbocycles. The minimum Gasteiger partial charge on any atom is -0.508 e. The van der Waals surface area contributed by atoms with Gasteiger partial charge in [-0.1, -0.05) is 0 Å². The SMILES string of the molecule is O=C(Nc1ccc(O)cc1O)Nc1cc(-n2ccnc2)ccc1C(F)(F)F. The number of phenolic OH excluding ortho intramolecular Hbond substituents is 2. The maximum Gasteiger partial charge on any atom is 0.418 e. The number of hydrogen-bond donors (Lipinski definition) is 4. The summed E-state index contributed by atoms with van der Waals surface area (Å²) < 4.78 is 41.2. The monoisotopic (exact) mass is 378 g/mol. The van der Waals surface area contributed by atoms with E-state index in [0.717, 1.165) is 18.2 Å². The highest BCUT2D eigenvalue weighted by Crippen LogP contribution is 2.36. The van der Waals surface area contributed by atoms with Crippen molar-refractivity contribution in [2.24, 2.45) is 0 Å². The van der Waals surface area contributed by atoms with Crippen LogP contribution in [0.1, 0.15) is 5.56 Å². The van der Waals surface area contributed by atoms with Gasteiger partial charge < -0.3 is 25.4 Å². The van der Waals surface area contributed by atoms with E-state index < -0.39 is 29.2 Å². The standard InChI is InChI=1S/C17H13F3N4O3/c18-17(19,20)12-3-1-10(24-6-5-21-9-24)7-14(12)23-16(27)22-13-4-2-11(25)8-15(13)26/h1-9,25-26H,(H2,22,23,27). The number of halogens is 3. The molecule has 0 unspecified atom stereocenters. The first-order valence-corrected chi connectivity index (χ1v) is 7.53. The minimum absolute atomic E-state index is 0.0791. The highest BCUT2D eigenvalue weighted by atomic mass is 19.4. The molecule has 7 nitrogen and oxygen atoms in total. The number of aromatic hydroxyl groups is 2. The van der Waals surface area contributed by atoms with Crippen LogP contribution in [0.3, 0.4) is 0 Å². The molecule has 0 bridgehead atoms. The van der Waals surface area contributed by atoms with Crippen LogP contribution < -0.4 is 10.6 Å². The first-order chi connectivity index (χ1) is 12.7. The second-order valence-electron chi connectivity index (χ2n) is 5.48. The summed E-state index contributed by atoms with van der Waals surface area (Å²) in [6, 6.07) is 5.65. The van der Waals surface area contributed by atoms with Crippen LogP contribution in [-0.2, 0) is 6.18 Å². The number of phenols is 2. The van der Waals surface area contributed by atoms with Gasteiger partial charge in [0.15, 0.2) is 0 Å². The summed E-state index contributed by atoms with van der Waals surface area (Å²) in [6.45, 7) is 0. The van der Waals surface area contributed by atoms with Crippen molar-refractivity contribution in [3.8, 4) is 17.2 Å². The van der Waals surface area contributed by atoms with Crippen molar-refractivity contribution in [3.05, 3.63) is 60.7 Å². The number of nitrogens with one attached hydrogen (secondary N) is 2. The normalized spacial score (nSPS) is 11.2. The largest absolute Gasteiger partial charge is 0.508 e. The summed E-state index contributed by atoms with van der Waals surface area (Å²) in [6.07, 6.45) is -0.274. The van der Waals surface area contributed by atoms with Crippen molar-refractivity contribution in [1.29, 1.82) is 0 Å². The Morgan fingerprint density at radius 3 is 2.41 bits per heavy atom. The predicted molar refractivity (Wildman–Crippen MR) is 91.0 cm³/mol. The number of benzene rings is 2. The molecular formula is C17H13F3N4O3. The number of amides is 2. The summed E-state index contributed by atoms with van der Waals surface area (Å²) in [4.78, 5) is 15.9. The fourth-order valence-corrected chi connectivity index (χ4v) is 2.36. The number of anilines is 2. The molecule has 0 aliphatic rings. The molecule has 0 atom stereocenters. The summed E-state index contributed by atoms with van der Waals surface area (Å²) in [7, 11) is 0. The number of urea groups is 1. The van der Waals surface area contributed by atoms with Crippen LogP contribution in [0, 0.1) is 0 Å². The van der Waals surface area contributed by atoms with Crippen molar-refractivity contribution in [2.75, 3.05) is 10.6 Å². The van der Waals surface area contributed by atoms with Crippen LogP contribution in [0.4, 0.5) is 29.3 Å². The molecule has 140 valence electrons. The third kappa shape index (κ3) is 4.11. The maximum absolute atomic E-state index is 13.2. The van der Waals surface area contributed by atoms with Crippen molar-refractivity contribution in [2.45, 2.75) is 6.18 Å². The Morgan fingerprint density at radius 1 is 1.04 bits per heavy atom. The summed E-state index contributed by atoms with van der Waals surface area (Å²) in [5.74, 6) is -0.667. The molecule has 0 radical (unpaired) electrons. The van der Waals surface area contributed by atoms with E-state index in [4.69, 9.17) is 0 Å². The first-order valence-electron chi connectivity index (χ1n) is 7.53. The molecule has 0 spiro atoms. The number of alkyl halides is 3. The van der Waals surface area contributed by atoms with E-state index in [2.05, 4.69) is 15.6 Å². The predicted octanol–water partition coefficient (Wildman–Crippen LogP) is 3.95. The quantitative estimate of drug-likeness (QED) is 0.410. The number of imidazole rings is 1. The number of carbonyl (C=O) groups is 1. The molecule has 0 fully saturated rings. The lowest BCUT2D eigenvalue weighted by molar-refractivity contribution is -0.136.